The molecule has 0 aliphatic rings. The lowest BCUT2D eigenvalue weighted by Gasteiger charge is -2.14. The third kappa shape index (κ3) is 4.16. The van der Waals surface area contributed by atoms with Gasteiger partial charge < -0.3 is 19.0 Å². The van der Waals surface area contributed by atoms with Crippen LogP contribution in [-0.4, -0.2) is 21.1 Å². The summed E-state index contributed by atoms with van der Waals surface area (Å²) in [6, 6.07) is 11.1. The minimum Gasteiger partial charge on any atom is -0.488 e. The molecule has 4 aromatic rings. The van der Waals surface area contributed by atoms with Crippen LogP contribution in [0.5, 0.6) is 5.75 Å². The van der Waals surface area contributed by atoms with Crippen LogP contribution in [-0.2, 0) is 20.0 Å². The van der Waals surface area contributed by atoms with Crippen LogP contribution in [0.15, 0.2) is 57.9 Å². The fraction of sp³-hybridized carbons (Fsp3) is 0.280. The van der Waals surface area contributed by atoms with Crippen LogP contribution in [0.4, 0.5) is 4.39 Å². The highest BCUT2D eigenvalue weighted by atomic mass is 19.1. The number of fused-ring (bicyclic) bond motifs is 1. The lowest BCUT2D eigenvalue weighted by Crippen LogP contribution is -2.26. The molecule has 0 aliphatic carbocycles. The van der Waals surface area contributed by atoms with Gasteiger partial charge in [0, 0.05) is 18.4 Å². The van der Waals surface area contributed by atoms with Crippen LogP contribution in [0, 0.1) is 5.82 Å². The smallest absolute Gasteiger partial charge is 0.272 e. The van der Waals surface area contributed by atoms with Crippen molar-refractivity contribution in [2.45, 2.75) is 39.8 Å². The van der Waals surface area contributed by atoms with E-state index in [1.807, 2.05) is 26.8 Å². The number of ether oxygens (including phenoxy) is 1. The Morgan fingerprint density at radius 3 is 2.55 bits per heavy atom. The molecule has 7 nitrogen and oxygen atoms in total. The standard InChI is InChI=1S/C25H26FN3O4/c1-5-17-13-20-21(25(31)29(17)18-10-8-16(26)9-11-18)23(33-15(2)3)22(28(20)4)24(30)27-14-19-7-6-12-32-19/h6-13,15H,5,14H2,1-4H3,(H,27,30). The third-order valence-electron chi connectivity index (χ3n) is 5.42. The van der Waals surface area contributed by atoms with Crippen LogP contribution in [0.3, 0.4) is 0 Å². The van der Waals surface area contributed by atoms with Gasteiger partial charge in [-0.15, -0.1) is 0 Å². The molecule has 3 aromatic heterocycles. The highest BCUT2D eigenvalue weighted by Crippen LogP contribution is 2.32. The molecular formula is C25H26FN3O4. The second-order valence-electron chi connectivity index (χ2n) is 8.03. The minimum atomic E-state index is -0.384. The van der Waals surface area contributed by atoms with Crippen molar-refractivity contribution in [3.05, 3.63) is 82.0 Å². The monoisotopic (exact) mass is 451 g/mol. The summed E-state index contributed by atoms with van der Waals surface area (Å²) in [5.74, 6) is 0.0693. The number of carbonyl (C=O) groups excluding carboxylic acids is 1. The van der Waals surface area contributed by atoms with Gasteiger partial charge in [-0.1, -0.05) is 6.92 Å². The number of carbonyl (C=O) groups is 1. The van der Waals surface area contributed by atoms with Crippen molar-refractivity contribution >= 4 is 16.8 Å². The van der Waals surface area contributed by atoms with Gasteiger partial charge in [-0.25, -0.2) is 4.39 Å². The van der Waals surface area contributed by atoms with Crippen molar-refractivity contribution in [3.63, 3.8) is 0 Å². The molecule has 1 N–H and O–H groups in total. The zero-order valence-electron chi connectivity index (χ0n) is 19.0. The normalized spacial score (nSPS) is 11.3. The maximum atomic E-state index is 13.8. The van der Waals surface area contributed by atoms with Crippen LogP contribution in [0.25, 0.3) is 16.6 Å². The van der Waals surface area contributed by atoms with Gasteiger partial charge in [-0.2, -0.15) is 0 Å². The van der Waals surface area contributed by atoms with Gasteiger partial charge in [0.1, 0.15) is 17.0 Å². The van der Waals surface area contributed by atoms with Gasteiger partial charge in [0.05, 0.1) is 24.4 Å². The number of halogens is 1. The fourth-order valence-electron chi connectivity index (χ4n) is 3.92. The highest BCUT2D eigenvalue weighted by Gasteiger charge is 2.27. The van der Waals surface area contributed by atoms with Crippen molar-refractivity contribution in [3.8, 4) is 11.4 Å². The molecule has 0 unspecified atom stereocenters. The largest absolute Gasteiger partial charge is 0.488 e. The molecular weight excluding hydrogens is 425 g/mol. The van der Waals surface area contributed by atoms with Crippen molar-refractivity contribution in [2.75, 3.05) is 0 Å². The summed E-state index contributed by atoms with van der Waals surface area (Å²) in [7, 11) is 1.73. The SMILES string of the molecule is CCc1cc2c(c(OC(C)C)c(C(=O)NCc3ccco3)n2C)c(=O)n1-c1ccc(F)cc1. The molecule has 0 aliphatic heterocycles. The first-order valence-corrected chi connectivity index (χ1v) is 10.8. The average molecular weight is 451 g/mol. The number of amides is 1. The Morgan fingerprint density at radius 1 is 1.21 bits per heavy atom. The summed E-state index contributed by atoms with van der Waals surface area (Å²) < 4.78 is 28.0. The Hall–Kier alpha value is -3.81. The van der Waals surface area contributed by atoms with Gasteiger partial charge in [-0.3, -0.25) is 14.2 Å². The van der Waals surface area contributed by atoms with E-state index in [2.05, 4.69) is 5.32 Å². The van der Waals surface area contributed by atoms with Crippen LogP contribution in [0.2, 0.25) is 0 Å². The van der Waals surface area contributed by atoms with Crippen LogP contribution < -0.4 is 15.6 Å². The maximum Gasteiger partial charge on any atom is 0.272 e. The predicted octanol–water partition coefficient (Wildman–Crippen LogP) is 4.34. The summed E-state index contributed by atoms with van der Waals surface area (Å²) in [6.07, 6.45) is 1.83. The van der Waals surface area contributed by atoms with Crippen molar-refractivity contribution in [1.29, 1.82) is 0 Å². The Balaban J connectivity index is 1.92. The molecule has 0 saturated heterocycles. The fourth-order valence-corrected chi connectivity index (χ4v) is 3.92. The summed E-state index contributed by atoms with van der Waals surface area (Å²) in [4.78, 5) is 26.9. The molecule has 4 rings (SSSR count). The van der Waals surface area contributed by atoms with E-state index in [0.717, 1.165) is 5.69 Å². The minimum absolute atomic E-state index is 0.203. The Labute approximate surface area is 190 Å². The number of aromatic nitrogens is 2. The number of pyridine rings is 1. The molecule has 8 heteroatoms. The second-order valence-corrected chi connectivity index (χ2v) is 8.03. The molecule has 0 fully saturated rings. The summed E-state index contributed by atoms with van der Waals surface area (Å²) in [5, 5.41) is 3.14. The number of rotatable bonds is 7. The number of hydrogen-bond acceptors (Lipinski definition) is 4. The molecule has 0 radical (unpaired) electrons. The van der Waals surface area contributed by atoms with Crippen molar-refractivity contribution in [1.82, 2.24) is 14.5 Å². The van der Waals surface area contributed by atoms with E-state index in [1.54, 1.807) is 40.4 Å². The van der Waals surface area contributed by atoms with Crippen LogP contribution >= 0.6 is 0 Å². The molecule has 1 aromatic carbocycles. The Morgan fingerprint density at radius 2 is 1.94 bits per heavy atom. The molecule has 33 heavy (non-hydrogen) atoms. The van der Waals surface area contributed by atoms with Gasteiger partial charge in [0.2, 0.25) is 0 Å². The van der Waals surface area contributed by atoms with E-state index in [-0.39, 0.29) is 41.4 Å². The molecule has 172 valence electrons. The Kier molecular flexibility index (Phi) is 6.09. The molecule has 0 saturated carbocycles. The first kappa shape index (κ1) is 22.4. The summed E-state index contributed by atoms with van der Waals surface area (Å²) in [5.41, 5.74) is 1.80. The Bertz CT molecular complexity index is 1350. The van der Waals surface area contributed by atoms with E-state index in [1.165, 1.54) is 18.4 Å². The number of aryl methyl sites for hydroxylation is 2. The number of nitrogens with zero attached hydrogens (tertiary/aromatic N) is 2. The van der Waals surface area contributed by atoms with E-state index < -0.39 is 0 Å². The number of nitrogens with one attached hydrogen (secondary N) is 1. The number of hydrogen-bond donors (Lipinski definition) is 1. The molecule has 3 heterocycles. The van der Waals surface area contributed by atoms with Crippen molar-refractivity contribution in [2.24, 2.45) is 7.05 Å². The summed E-state index contributed by atoms with van der Waals surface area (Å²) in [6.45, 7) is 5.81. The van der Waals surface area contributed by atoms with E-state index in [4.69, 9.17) is 9.15 Å². The first-order chi connectivity index (χ1) is 15.8. The quantitative estimate of drug-likeness (QED) is 0.453. The van der Waals surface area contributed by atoms with E-state index >= 15 is 0 Å². The van der Waals surface area contributed by atoms with Gasteiger partial charge in [0.15, 0.2) is 11.4 Å². The molecule has 0 bridgehead atoms. The molecule has 0 spiro atoms. The molecule has 0 atom stereocenters. The second kappa shape index (κ2) is 8.97. The van der Waals surface area contributed by atoms with E-state index in [0.29, 0.717) is 28.8 Å². The van der Waals surface area contributed by atoms with E-state index in [9.17, 15) is 14.0 Å². The van der Waals surface area contributed by atoms with Gasteiger partial charge in [0.25, 0.3) is 11.5 Å². The number of benzene rings is 1. The number of furan rings is 1. The zero-order chi connectivity index (χ0) is 23.7. The predicted molar refractivity (Wildman–Crippen MR) is 123 cm³/mol. The average Bonchev–Trinajstić information content (AvgIpc) is 3.39. The zero-order valence-corrected chi connectivity index (χ0v) is 19.0. The lowest BCUT2D eigenvalue weighted by atomic mass is 10.2. The molecule has 1 amide bonds. The van der Waals surface area contributed by atoms with Gasteiger partial charge >= 0.3 is 0 Å². The van der Waals surface area contributed by atoms with Gasteiger partial charge in [-0.05, 0) is 62.7 Å². The first-order valence-electron chi connectivity index (χ1n) is 10.8. The third-order valence-corrected chi connectivity index (χ3v) is 5.42. The highest BCUT2D eigenvalue weighted by molar-refractivity contribution is 6.04. The topological polar surface area (TPSA) is 78.4 Å². The van der Waals surface area contributed by atoms with Crippen molar-refractivity contribution < 1.29 is 18.3 Å². The van der Waals surface area contributed by atoms with Crippen LogP contribution in [0.1, 0.15) is 42.7 Å². The summed E-state index contributed by atoms with van der Waals surface area (Å²) >= 11 is 0. The maximum absolute atomic E-state index is 13.8. The lowest BCUT2D eigenvalue weighted by molar-refractivity contribution is 0.0934.